The van der Waals surface area contributed by atoms with Crippen LogP contribution in [0.3, 0.4) is 0 Å². The van der Waals surface area contributed by atoms with Gasteiger partial charge in [0.25, 0.3) is 0 Å². The maximum Gasteiger partial charge on any atom is 0.132 e. The number of para-hydroxylation sites is 4. The number of rotatable bonds is 3. The molecule has 6 heterocycles. The quantitative estimate of drug-likeness (QED) is 0.176. The summed E-state index contributed by atoms with van der Waals surface area (Å²) in [6, 6.07) is 70.1. The second kappa shape index (κ2) is 13.6. The molecule has 13 aromatic rings. The minimum absolute atomic E-state index is 0.584. The van der Waals surface area contributed by atoms with Gasteiger partial charge in [0.1, 0.15) is 11.5 Å². The van der Waals surface area contributed by atoms with Crippen LogP contribution in [0, 0.1) is 22.7 Å². The molecule has 1 spiro atoms. The SMILES string of the molecule is N#Cc1ccc2c(c1)c1ccccc1n2-c1ccc2c(c1)c1cc(C#N)ccc1n2-c1ccc2c(c1)C1(c3ccccc3O2)c2cccnc2-c2ncc(-n3c4ccccc4c4ccccc43)cc21. The molecule has 0 bridgehead atoms. The maximum absolute atomic E-state index is 10.2. The standard InChI is InChI=1S/C61H33N7O/c62-33-36-19-23-54-44(28-36)43-12-3-7-17-53(43)66(54)38-21-25-56-46(30-38)45-29-37(34-63)20-24-55(45)67(56)39-22-26-58-49(31-39)61(47-13-4-8-18-57(47)69-58)48-14-9-27-64-59(48)60-50(61)32-40(35-65-60)68-51-15-5-1-10-41(51)42-11-2-6-16-52(42)68/h1-32,35H. The van der Waals surface area contributed by atoms with Crippen LogP contribution in [-0.2, 0) is 5.41 Å². The largest absolute Gasteiger partial charge is 0.457 e. The molecule has 318 valence electrons. The molecule has 8 heteroatoms. The van der Waals surface area contributed by atoms with Crippen LogP contribution in [0.2, 0.25) is 0 Å². The lowest BCUT2D eigenvalue weighted by atomic mass is 9.66. The molecule has 1 atom stereocenters. The van der Waals surface area contributed by atoms with Gasteiger partial charge in [-0.3, -0.25) is 9.97 Å². The summed E-state index contributed by atoms with van der Waals surface area (Å²) >= 11 is 0. The van der Waals surface area contributed by atoms with Crippen LogP contribution in [0.1, 0.15) is 33.4 Å². The van der Waals surface area contributed by atoms with Gasteiger partial charge in [-0.05, 0) is 115 Å². The van der Waals surface area contributed by atoms with Crippen LogP contribution in [0.4, 0.5) is 0 Å². The van der Waals surface area contributed by atoms with E-state index in [0.717, 1.165) is 117 Å². The first kappa shape index (κ1) is 37.5. The van der Waals surface area contributed by atoms with Crippen molar-refractivity contribution in [2.75, 3.05) is 0 Å². The Kier molecular flexibility index (Phi) is 7.41. The van der Waals surface area contributed by atoms with Crippen molar-refractivity contribution in [2.24, 2.45) is 0 Å². The zero-order chi connectivity index (χ0) is 45.5. The predicted octanol–water partition coefficient (Wildman–Crippen LogP) is 14.0. The summed E-state index contributed by atoms with van der Waals surface area (Å²) < 4.78 is 13.8. The number of nitriles is 2. The van der Waals surface area contributed by atoms with E-state index in [1.54, 1.807) is 0 Å². The zero-order valence-electron chi connectivity index (χ0n) is 36.6. The number of hydrogen-bond acceptors (Lipinski definition) is 5. The monoisotopic (exact) mass is 879 g/mol. The van der Waals surface area contributed by atoms with E-state index >= 15 is 0 Å². The van der Waals surface area contributed by atoms with Crippen molar-refractivity contribution >= 4 is 65.4 Å². The molecule has 0 fully saturated rings. The fourth-order valence-corrected chi connectivity index (χ4v) is 11.9. The lowest BCUT2D eigenvalue weighted by molar-refractivity contribution is 0.436. The van der Waals surface area contributed by atoms with E-state index in [-0.39, 0.29) is 0 Å². The number of fused-ring (bicyclic) bond motifs is 18. The van der Waals surface area contributed by atoms with E-state index < -0.39 is 5.41 Å². The average Bonchev–Trinajstić information content (AvgIpc) is 4.12. The van der Waals surface area contributed by atoms with E-state index in [0.29, 0.717) is 11.1 Å². The molecule has 2 aliphatic rings. The number of aromatic nitrogens is 5. The van der Waals surface area contributed by atoms with E-state index in [1.807, 2.05) is 60.9 Å². The molecule has 1 aliphatic carbocycles. The molecule has 15 rings (SSSR count). The summed E-state index contributed by atoms with van der Waals surface area (Å²) in [4.78, 5) is 10.4. The van der Waals surface area contributed by atoms with Crippen LogP contribution < -0.4 is 4.74 Å². The molecule has 1 unspecified atom stereocenters. The third-order valence-electron chi connectivity index (χ3n) is 14.6. The van der Waals surface area contributed by atoms with Crippen molar-refractivity contribution in [3.63, 3.8) is 0 Å². The summed E-state index contributed by atoms with van der Waals surface area (Å²) in [7, 11) is 0. The van der Waals surface area contributed by atoms with Gasteiger partial charge in [0.05, 0.1) is 85.1 Å². The normalized spacial score (nSPS) is 14.5. The molecule has 1 aliphatic heterocycles. The summed E-state index contributed by atoms with van der Waals surface area (Å²) in [5.41, 5.74) is 15.2. The number of pyridine rings is 2. The highest BCUT2D eigenvalue weighted by Gasteiger charge is 2.53. The van der Waals surface area contributed by atoms with Gasteiger partial charge < -0.3 is 18.4 Å². The second-order valence-corrected chi connectivity index (χ2v) is 18.0. The molecular formula is C61H33N7O. The topological polar surface area (TPSA) is 97.4 Å². The van der Waals surface area contributed by atoms with Gasteiger partial charge in [-0.25, -0.2) is 0 Å². The summed E-state index contributed by atoms with van der Waals surface area (Å²) in [6.45, 7) is 0. The smallest absolute Gasteiger partial charge is 0.132 e. The van der Waals surface area contributed by atoms with Crippen LogP contribution in [0.5, 0.6) is 11.5 Å². The molecule has 5 aromatic heterocycles. The Labute approximate surface area is 394 Å². The van der Waals surface area contributed by atoms with Crippen LogP contribution in [0.15, 0.2) is 200 Å². The Hall–Kier alpha value is -9.76. The lowest BCUT2D eigenvalue weighted by Gasteiger charge is -2.39. The van der Waals surface area contributed by atoms with Gasteiger partial charge in [0.15, 0.2) is 0 Å². The first-order valence-electron chi connectivity index (χ1n) is 22.9. The van der Waals surface area contributed by atoms with Gasteiger partial charge in [-0.1, -0.05) is 78.9 Å². The molecule has 8 nitrogen and oxygen atoms in total. The van der Waals surface area contributed by atoms with Gasteiger partial charge >= 0.3 is 0 Å². The highest BCUT2D eigenvalue weighted by Crippen LogP contribution is 2.62. The fourth-order valence-electron chi connectivity index (χ4n) is 11.9. The Morgan fingerprint density at radius 1 is 0.377 bits per heavy atom. The Morgan fingerprint density at radius 3 is 1.54 bits per heavy atom. The third kappa shape index (κ3) is 4.88. The first-order chi connectivity index (χ1) is 34.1. The summed E-state index contributed by atoms with van der Waals surface area (Å²) in [5.74, 6) is 1.54. The van der Waals surface area contributed by atoms with Crippen LogP contribution in [-0.4, -0.2) is 23.7 Å². The lowest BCUT2D eigenvalue weighted by Crippen LogP contribution is -2.32. The first-order valence-corrected chi connectivity index (χ1v) is 22.9. The van der Waals surface area contributed by atoms with E-state index in [4.69, 9.17) is 14.7 Å². The minimum atomic E-state index is -0.858. The second-order valence-electron chi connectivity index (χ2n) is 18.0. The Bertz CT molecular complexity index is 4470. The molecule has 0 saturated carbocycles. The highest BCUT2D eigenvalue weighted by atomic mass is 16.5. The van der Waals surface area contributed by atoms with E-state index in [2.05, 4.69) is 165 Å². The predicted molar refractivity (Wildman–Crippen MR) is 272 cm³/mol. The number of hydrogen-bond donors (Lipinski definition) is 0. The number of benzene rings is 8. The number of ether oxygens (including phenoxy) is 1. The molecule has 69 heavy (non-hydrogen) atoms. The maximum atomic E-state index is 10.2. The molecule has 0 saturated heterocycles. The van der Waals surface area contributed by atoms with Crippen molar-refractivity contribution in [1.82, 2.24) is 23.7 Å². The van der Waals surface area contributed by atoms with Crippen LogP contribution in [0.25, 0.3) is 93.9 Å². The molecule has 0 amide bonds. The molecule has 0 N–H and O–H groups in total. The van der Waals surface area contributed by atoms with Crippen molar-refractivity contribution < 1.29 is 4.74 Å². The van der Waals surface area contributed by atoms with E-state index in [1.165, 1.54) is 10.8 Å². The average molecular weight is 880 g/mol. The molecule has 0 radical (unpaired) electrons. The zero-order valence-corrected chi connectivity index (χ0v) is 36.6. The van der Waals surface area contributed by atoms with E-state index in [9.17, 15) is 10.5 Å². The molecular weight excluding hydrogens is 847 g/mol. The minimum Gasteiger partial charge on any atom is -0.457 e. The number of nitrogens with zero attached hydrogens (tertiary/aromatic N) is 7. The van der Waals surface area contributed by atoms with Gasteiger partial charge in [0.2, 0.25) is 0 Å². The molecule has 8 aromatic carbocycles. The van der Waals surface area contributed by atoms with Gasteiger partial charge in [-0.15, -0.1) is 0 Å². The highest BCUT2D eigenvalue weighted by molar-refractivity contribution is 6.13. The van der Waals surface area contributed by atoms with Crippen LogP contribution >= 0.6 is 0 Å². The Balaban J connectivity index is 0.996. The van der Waals surface area contributed by atoms with Crippen molar-refractivity contribution in [3.05, 3.63) is 234 Å². The third-order valence-corrected chi connectivity index (χ3v) is 14.6. The summed E-state index contributed by atoms with van der Waals surface area (Å²) in [6.07, 6.45) is 3.85. The van der Waals surface area contributed by atoms with Crippen molar-refractivity contribution in [3.8, 4) is 52.1 Å². The van der Waals surface area contributed by atoms with Gasteiger partial charge in [-0.2, -0.15) is 10.5 Å². The fraction of sp³-hybridized carbons (Fsp3) is 0.0164. The van der Waals surface area contributed by atoms with Crippen molar-refractivity contribution in [2.45, 2.75) is 5.41 Å². The van der Waals surface area contributed by atoms with Gasteiger partial charge in [0, 0.05) is 66.6 Å². The summed E-state index contributed by atoms with van der Waals surface area (Å²) in [5, 5.41) is 26.5. The Morgan fingerprint density at radius 2 is 0.855 bits per heavy atom. The van der Waals surface area contributed by atoms with Crippen molar-refractivity contribution in [1.29, 1.82) is 10.5 Å².